The first-order valence-electron chi connectivity index (χ1n) is 12.0. The molecule has 2 aromatic rings. The number of rotatable bonds is 8. The van der Waals surface area contributed by atoms with Crippen molar-refractivity contribution in [3.63, 3.8) is 0 Å². The van der Waals surface area contributed by atoms with Crippen LogP contribution in [0.4, 0.5) is 0 Å². The monoisotopic (exact) mass is 460 g/mol. The zero-order valence-electron chi connectivity index (χ0n) is 18.9. The molecule has 6 heteroatoms. The summed E-state index contributed by atoms with van der Waals surface area (Å²) >= 11 is 0. The van der Waals surface area contributed by atoms with E-state index in [1.807, 2.05) is 0 Å². The van der Waals surface area contributed by atoms with Crippen LogP contribution < -0.4 is 0 Å². The second-order valence-electron chi connectivity index (χ2n) is 10.00. The molecule has 3 saturated carbocycles. The molecule has 0 amide bonds. The average Bonchev–Trinajstić information content (AvgIpc) is 3.58. The first-order valence-corrected chi connectivity index (χ1v) is 12.0. The fourth-order valence-electron chi connectivity index (χ4n) is 6.59. The summed E-state index contributed by atoms with van der Waals surface area (Å²) in [5.74, 6) is 2.61. The number of fused-ring (bicyclic) bond motifs is 5. The van der Waals surface area contributed by atoms with Crippen LogP contribution in [0.15, 0.2) is 48.5 Å². The molecule has 0 aliphatic heterocycles. The molecule has 0 N–H and O–H groups in total. The second-order valence-corrected chi connectivity index (χ2v) is 10.00. The van der Waals surface area contributed by atoms with E-state index in [1.54, 1.807) is 48.5 Å². The Labute approximate surface area is 198 Å². The van der Waals surface area contributed by atoms with E-state index < -0.39 is 0 Å². The Morgan fingerprint density at radius 2 is 1.21 bits per heavy atom. The van der Waals surface area contributed by atoms with Gasteiger partial charge in [-0.15, -0.1) is 0 Å². The molecule has 0 saturated heterocycles. The van der Waals surface area contributed by atoms with Gasteiger partial charge in [0.15, 0.2) is 0 Å². The van der Waals surface area contributed by atoms with Crippen LogP contribution in [0.2, 0.25) is 0 Å². The molecule has 0 spiro atoms. The van der Waals surface area contributed by atoms with Gasteiger partial charge >= 0.3 is 11.9 Å². The third-order valence-electron chi connectivity index (χ3n) is 8.15. The molecule has 2 bridgehead atoms. The fourth-order valence-corrected chi connectivity index (χ4v) is 6.59. The van der Waals surface area contributed by atoms with Gasteiger partial charge in [-0.3, -0.25) is 9.59 Å². The number of aldehydes is 2. The summed E-state index contributed by atoms with van der Waals surface area (Å²) in [5, 5.41) is 0. The molecule has 3 aliphatic carbocycles. The van der Waals surface area contributed by atoms with Gasteiger partial charge in [0.2, 0.25) is 0 Å². The maximum absolute atomic E-state index is 12.4. The van der Waals surface area contributed by atoms with E-state index in [-0.39, 0.29) is 11.9 Å². The van der Waals surface area contributed by atoms with Crippen LogP contribution in [0.1, 0.15) is 67.1 Å². The largest absolute Gasteiger partial charge is 0.462 e. The van der Waals surface area contributed by atoms with E-state index in [9.17, 15) is 19.2 Å². The van der Waals surface area contributed by atoms with Crippen molar-refractivity contribution >= 4 is 24.5 Å². The molecule has 3 aliphatic rings. The molecular formula is C28H28O6. The molecule has 3 fully saturated rings. The highest BCUT2D eigenvalue weighted by molar-refractivity contribution is 5.91. The minimum Gasteiger partial charge on any atom is -0.462 e. The summed E-state index contributed by atoms with van der Waals surface area (Å²) in [4.78, 5) is 46.3. The lowest BCUT2D eigenvalue weighted by atomic mass is 9.76. The molecule has 5 rings (SSSR count). The number of hydrogen-bond acceptors (Lipinski definition) is 6. The van der Waals surface area contributed by atoms with Crippen LogP contribution in [-0.4, -0.2) is 37.7 Å². The van der Waals surface area contributed by atoms with Crippen molar-refractivity contribution < 1.29 is 28.7 Å². The van der Waals surface area contributed by atoms with Crippen LogP contribution in [0.3, 0.4) is 0 Å². The third-order valence-corrected chi connectivity index (χ3v) is 8.15. The lowest BCUT2D eigenvalue weighted by Crippen LogP contribution is -2.28. The Bertz CT molecular complexity index is 1070. The molecule has 2 aromatic carbocycles. The molecule has 0 aromatic heterocycles. The maximum Gasteiger partial charge on any atom is 0.338 e. The van der Waals surface area contributed by atoms with Crippen molar-refractivity contribution in [2.24, 2.45) is 35.5 Å². The molecule has 0 radical (unpaired) electrons. The van der Waals surface area contributed by atoms with Crippen LogP contribution in [-0.2, 0) is 9.47 Å². The van der Waals surface area contributed by atoms with Gasteiger partial charge in [-0.1, -0.05) is 24.3 Å². The highest BCUT2D eigenvalue weighted by atomic mass is 16.5. The quantitative estimate of drug-likeness (QED) is 0.422. The number of ether oxygens (including phenoxy) is 2. The predicted molar refractivity (Wildman–Crippen MR) is 124 cm³/mol. The average molecular weight is 461 g/mol. The van der Waals surface area contributed by atoms with Gasteiger partial charge in [0.1, 0.15) is 12.6 Å². The normalized spacial score (nSPS) is 28.8. The minimum atomic E-state index is -0.344. The summed E-state index contributed by atoms with van der Waals surface area (Å²) in [5.41, 5.74) is 2.00. The summed E-state index contributed by atoms with van der Waals surface area (Å²) < 4.78 is 11.2. The highest BCUT2D eigenvalue weighted by Gasteiger charge is 2.56. The van der Waals surface area contributed by atoms with Gasteiger partial charge in [0.25, 0.3) is 0 Å². The van der Waals surface area contributed by atoms with Gasteiger partial charge in [0.05, 0.1) is 24.3 Å². The standard InChI is InChI=1S/C28H28O6/c29-13-17-1-5-20(6-2-17)27(31)33-15-19-9-24-22-11-23(25(12-22)26(24)10-19)16-34-28(32)21-7-3-18(14-30)4-8-21/h1-8,13-14,19,22-26H,9-12,15-16H2. The van der Waals surface area contributed by atoms with E-state index in [2.05, 4.69) is 0 Å². The molecule has 6 unspecified atom stereocenters. The predicted octanol–water partition coefficient (Wildman–Crippen LogP) is 4.62. The zero-order chi connectivity index (χ0) is 23.7. The SMILES string of the molecule is O=Cc1ccc(C(=O)OCC2CC3C4CC(COC(=O)c5ccc(C=O)cc5)C(C4)C3C2)cc1. The number of carbonyl (C=O) groups is 4. The molecule has 6 atom stereocenters. The maximum atomic E-state index is 12.4. The molecular weight excluding hydrogens is 432 g/mol. The Balaban J connectivity index is 1.11. The van der Waals surface area contributed by atoms with E-state index in [0.29, 0.717) is 71.0 Å². The van der Waals surface area contributed by atoms with Crippen LogP contribution in [0.25, 0.3) is 0 Å². The highest BCUT2D eigenvalue weighted by Crippen LogP contribution is 2.62. The number of esters is 2. The molecule has 0 heterocycles. The van der Waals surface area contributed by atoms with Gasteiger partial charge in [-0.2, -0.15) is 0 Å². The van der Waals surface area contributed by atoms with E-state index >= 15 is 0 Å². The van der Waals surface area contributed by atoms with Crippen LogP contribution >= 0.6 is 0 Å². The topological polar surface area (TPSA) is 86.7 Å². The molecule has 34 heavy (non-hydrogen) atoms. The zero-order valence-corrected chi connectivity index (χ0v) is 18.9. The van der Waals surface area contributed by atoms with Crippen molar-refractivity contribution in [3.05, 3.63) is 70.8 Å². The summed E-state index contributed by atoms with van der Waals surface area (Å²) in [6.45, 7) is 0.867. The van der Waals surface area contributed by atoms with Crippen molar-refractivity contribution in [2.45, 2.75) is 25.7 Å². The van der Waals surface area contributed by atoms with Crippen LogP contribution in [0.5, 0.6) is 0 Å². The molecule has 6 nitrogen and oxygen atoms in total. The van der Waals surface area contributed by atoms with Gasteiger partial charge in [-0.25, -0.2) is 9.59 Å². The lowest BCUT2D eigenvalue weighted by Gasteiger charge is -2.31. The van der Waals surface area contributed by atoms with Gasteiger partial charge < -0.3 is 9.47 Å². The van der Waals surface area contributed by atoms with Crippen molar-refractivity contribution in [1.82, 2.24) is 0 Å². The summed E-state index contributed by atoms with van der Waals surface area (Å²) in [6, 6.07) is 13.0. The Morgan fingerprint density at radius 1 is 0.676 bits per heavy atom. The van der Waals surface area contributed by atoms with E-state index in [0.717, 1.165) is 31.8 Å². The Morgan fingerprint density at radius 3 is 1.76 bits per heavy atom. The van der Waals surface area contributed by atoms with E-state index in [4.69, 9.17) is 9.47 Å². The lowest BCUT2D eigenvalue weighted by molar-refractivity contribution is 0.0335. The van der Waals surface area contributed by atoms with Gasteiger partial charge in [-0.05, 0) is 85.5 Å². The van der Waals surface area contributed by atoms with Crippen molar-refractivity contribution in [3.8, 4) is 0 Å². The van der Waals surface area contributed by atoms with Crippen LogP contribution in [0, 0.1) is 35.5 Å². The van der Waals surface area contributed by atoms with Gasteiger partial charge in [0, 0.05) is 11.1 Å². The number of hydrogen-bond donors (Lipinski definition) is 0. The first kappa shape index (κ1) is 22.5. The molecule has 176 valence electrons. The first-order chi connectivity index (χ1) is 16.6. The summed E-state index contributed by atoms with van der Waals surface area (Å²) in [7, 11) is 0. The van der Waals surface area contributed by atoms with Crippen molar-refractivity contribution in [2.75, 3.05) is 13.2 Å². The third kappa shape index (κ3) is 4.41. The smallest absolute Gasteiger partial charge is 0.338 e. The van der Waals surface area contributed by atoms with E-state index in [1.165, 1.54) is 6.42 Å². The number of benzene rings is 2. The second kappa shape index (κ2) is 9.53. The summed E-state index contributed by atoms with van der Waals surface area (Å²) in [6.07, 6.45) is 5.96. The minimum absolute atomic E-state index is 0.339. The Kier molecular flexibility index (Phi) is 6.31. The fraction of sp³-hybridized carbons (Fsp3) is 0.429. The number of carbonyl (C=O) groups excluding carboxylic acids is 4. The van der Waals surface area contributed by atoms with Crippen molar-refractivity contribution in [1.29, 1.82) is 0 Å². The Hall–Kier alpha value is -3.28.